The normalized spacial score (nSPS) is 36.9. The van der Waals surface area contributed by atoms with E-state index in [0.29, 0.717) is 12.8 Å². The van der Waals surface area contributed by atoms with E-state index in [2.05, 4.69) is 0 Å². The molecular weight excluding hydrogens is 504 g/mol. The Kier molecular flexibility index (Phi) is 7.56. The largest absolute Gasteiger partial charge is 0.481 e. The van der Waals surface area contributed by atoms with Gasteiger partial charge in [0, 0.05) is 55.1 Å². The summed E-state index contributed by atoms with van der Waals surface area (Å²) in [5, 5.41) is 19.9. The SMILES string of the molecule is CC(=O)OC1C(=O)C2=C(C(=O)CC3C2(C)CCC(O)C3(C)C)C2C(=O)CC(C(C)CC(=O)CC(C)C(=O)O)C12. The van der Waals surface area contributed by atoms with Crippen LogP contribution in [0.2, 0.25) is 0 Å². The van der Waals surface area contributed by atoms with Gasteiger partial charge in [-0.15, -0.1) is 0 Å². The maximum atomic E-state index is 14.3. The smallest absolute Gasteiger partial charge is 0.306 e. The van der Waals surface area contributed by atoms with Crippen LogP contribution in [-0.2, 0) is 33.5 Å². The molecule has 0 bridgehead atoms. The third-order valence-corrected chi connectivity index (χ3v) is 10.4. The number of hydrogen-bond donors (Lipinski definition) is 2. The number of rotatable bonds is 7. The fourth-order valence-corrected chi connectivity index (χ4v) is 8.25. The third-order valence-electron chi connectivity index (χ3n) is 10.4. The molecule has 0 heterocycles. The minimum absolute atomic E-state index is 0.0193. The molecule has 4 aliphatic carbocycles. The molecule has 214 valence electrons. The molecular formula is C30H40O9. The molecule has 4 rings (SSSR count). The van der Waals surface area contributed by atoms with E-state index in [1.165, 1.54) is 13.8 Å². The molecule has 4 aliphatic rings. The first kappa shape index (κ1) is 29.3. The van der Waals surface area contributed by atoms with Gasteiger partial charge in [0.15, 0.2) is 11.9 Å². The molecule has 2 N–H and O–H groups in total. The Morgan fingerprint density at radius 2 is 1.69 bits per heavy atom. The zero-order valence-electron chi connectivity index (χ0n) is 23.6. The van der Waals surface area contributed by atoms with Gasteiger partial charge in [-0.3, -0.25) is 28.8 Å². The molecule has 0 amide bonds. The van der Waals surface area contributed by atoms with E-state index < -0.39 is 70.3 Å². The van der Waals surface area contributed by atoms with Crippen LogP contribution in [0.4, 0.5) is 0 Å². The summed E-state index contributed by atoms with van der Waals surface area (Å²) in [5.41, 5.74) is -0.882. The van der Waals surface area contributed by atoms with Crippen molar-refractivity contribution in [3.63, 3.8) is 0 Å². The van der Waals surface area contributed by atoms with Gasteiger partial charge in [-0.2, -0.15) is 0 Å². The molecule has 9 nitrogen and oxygen atoms in total. The first-order valence-corrected chi connectivity index (χ1v) is 14.0. The van der Waals surface area contributed by atoms with E-state index in [9.17, 15) is 33.9 Å². The number of carbonyl (C=O) groups is 6. The van der Waals surface area contributed by atoms with Crippen LogP contribution in [0.3, 0.4) is 0 Å². The number of carboxylic acids is 1. The Hall–Kier alpha value is -2.68. The number of hydrogen-bond acceptors (Lipinski definition) is 8. The predicted octanol–water partition coefficient (Wildman–Crippen LogP) is 3.10. The number of Topliss-reactive ketones (excluding diaryl/α,β-unsaturated/α-hetero) is 4. The van der Waals surface area contributed by atoms with Crippen molar-refractivity contribution in [2.45, 2.75) is 92.3 Å². The van der Waals surface area contributed by atoms with Crippen LogP contribution in [0.5, 0.6) is 0 Å². The first-order valence-electron chi connectivity index (χ1n) is 14.0. The van der Waals surface area contributed by atoms with Gasteiger partial charge < -0.3 is 14.9 Å². The molecule has 2 saturated carbocycles. The van der Waals surface area contributed by atoms with Crippen molar-refractivity contribution in [2.24, 2.45) is 46.3 Å². The van der Waals surface area contributed by atoms with Crippen LogP contribution in [0.1, 0.15) is 80.1 Å². The van der Waals surface area contributed by atoms with Crippen molar-refractivity contribution in [1.82, 2.24) is 0 Å². The Bertz CT molecular complexity index is 1160. The third kappa shape index (κ3) is 4.70. The van der Waals surface area contributed by atoms with Crippen molar-refractivity contribution in [2.75, 3.05) is 0 Å². The second-order valence-corrected chi connectivity index (χ2v) is 13.2. The molecule has 9 unspecified atom stereocenters. The Labute approximate surface area is 228 Å². The zero-order chi connectivity index (χ0) is 29.2. The number of carboxylic acid groups (broad SMARTS) is 1. The second-order valence-electron chi connectivity index (χ2n) is 13.2. The highest BCUT2D eigenvalue weighted by Gasteiger charge is 2.65. The molecule has 0 saturated heterocycles. The summed E-state index contributed by atoms with van der Waals surface area (Å²) in [4.78, 5) is 77.7. The van der Waals surface area contributed by atoms with Gasteiger partial charge in [0.05, 0.1) is 17.9 Å². The highest BCUT2D eigenvalue weighted by Crippen LogP contribution is 2.63. The summed E-state index contributed by atoms with van der Waals surface area (Å²) in [6.07, 6.45) is -0.951. The van der Waals surface area contributed by atoms with Crippen LogP contribution < -0.4 is 0 Å². The molecule has 39 heavy (non-hydrogen) atoms. The van der Waals surface area contributed by atoms with Gasteiger partial charge in [0.25, 0.3) is 0 Å². The molecule has 2 fully saturated rings. The average molecular weight is 545 g/mol. The molecule has 0 spiro atoms. The molecule has 9 heteroatoms. The zero-order valence-corrected chi connectivity index (χ0v) is 23.6. The van der Waals surface area contributed by atoms with Crippen LogP contribution >= 0.6 is 0 Å². The molecule has 0 aromatic heterocycles. The predicted molar refractivity (Wildman–Crippen MR) is 138 cm³/mol. The number of fused-ring (bicyclic) bond motifs is 4. The standard InChI is InChI=1S/C30H40O9/c1-13(9-16(32)10-14(2)28(37)38)17-11-18(33)23-22(17)27(39-15(3)31)26(36)25-24(23)19(34)12-20-29(4,5)21(35)7-8-30(20,25)6/h13-14,17,20-23,27,35H,7-12H2,1-6H3,(H,37,38). The lowest BCUT2D eigenvalue weighted by molar-refractivity contribution is -0.162. The highest BCUT2D eigenvalue weighted by atomic mass is 16.5. The molecule has 0 aliphatic heterocycles. The van der Waals surface area contributed by atoms with E-state index >= 15 is 0 Å². The van der Waals surface area contributed by atoms with Crippen molar-refractivity contribution >= 4 is 35.1 Å². The number of aliphatic hydroxyl groups excluding tert-OH is 1. The van der Waals surface area contributed by atoms with Crippen molar-refractivity contribution in [3.8, 4) is 0 Å². The van der Waals surface area contributed by atoms with Crippen LogP contribution in [-0.4, -0.2) is 57.5 Å². The maximum Gasteiger partial charge on any atom is 0.306 e. The summed E-state index contributed by atoms with van der Waals surface area (Å²) < 4.78 is 5.63. The Balaban J connectivity index is 1.77. The quantitative estimate of drug-likeness (QED) is 0.461. The van der Waals surface area contributed by atoms with Gasteiger partial charge >= 0.3 is 11.9 Å². The van der Waals surface area contributed by atoms with Crippen LogP contribution in [0.15, 0.2) is 11.1 Å². The number of ketones is 4. The molecule has 0 radical (unpaired) electrons. The number of esters is 1. The lowest BCUT2D eigenvalue weighted by atomic mass is 9.46. The number of ether oxygens (including phenoxy) is 1. The summed E-state index contributed by atoms with van der Waals surface area (Å²) in [5.74, 6) is -6.63. The minimum Gasteiger partial charge on any atom is -0.481 e. The Morgan fingerprint density at radius 1 is 1.05 bits per heavy atom. The molecule has 9 atom stereocenters. The number of carbonyl (C=O) groups excluding carboxylic acids is 5. The van der Waals surface area contributed by atoms with E-state index in [0.717, 1.165) is 0 Å². The van der Waals surface area contributed by atoms with E-state index in [-0.39, 0.29) is 60.1 Å². The highest BCUT2D eigenvalue weighted by molar-refractivity contribution is 6.16. The van der Waals surface area contributed by atoms with Crippen molar-refractivity contribution < 1.29 is 43.7 Å². The second kappa shape index (κ2) is 10.1. The first-order chi connectivity index (χ1) is 18.0. The summed E-state index contributed by atoms with van der Waals surface area (Å²) >= 11 is 0. The number of aliphatic hydroxyl groups is 1. The Morgan fingerprint density at radius 3 is 2.28 bits per heavy atom. The maximum absolute atomic E-state index is 14.3. The summed E-state index contributed by atoms with van der Waals surface area (Å²) in [7, 11) is 0. The molecule has 0 aromatic rings. The van der Waals surface area contributed by atoms with E-state index in [1.54, 1.807) is 6.92 Å². The topological polar surface area (TPSA) is 152 Å². The lowest BCUT2D eigenvalue weighted by Gasteiger charge is -2.57. The van der Waals surface area contributed by atoms with Gasteiger partial charge in [-0.25, -0.2) is 0 Å². The van der Waals surface area contributed by atoms with Gasteiger partial charge in [0.2, 0.25) is 5.78 Å². The van der Waals surface area contributed by atoms with Gasteiger partial charge in [-0.1, -0.05) is 34.6 Å². The fourth-order valence-electron chi connectivity index (χ4n) is 8.25. The average Bonchev–Trinajstić information content (AvgIpc) is 3.17. The van der Waals surface area contributed by atoms with Crippen LogP contribution in [0, 0.1) is 46.3 Å². The summed E-state index contributed by atoms with van der Waals surface area (Å²) in [6, 6.07) is 0. The number of allylic oxidation sites excluding steroid dienone is 1. The van der Waals surface area contributed by atoms with Gasteiger partial charge in [0.1, 0.15) is 11.6 Å². The lowest BCUT2D eigenvalue weighted by Crippen LogP contribution is -2.59. The number of aliphatic carboxylic acids is 1. The molecule has 0 aromatic carbocycles. The van der Waals surface area contributed by atoms with Crippen LogP contribution in [0.25, 0.3) is 0 Å². The van der Waals surface area contributed by atoms with E-state index in [1.807, 2.05) is 20.8 Å². The minimum atomic E-state index is -1.25. The fraction of sp³-hybridized carbons (Fsp3) is 0.733. The van der Waals surface area contributed by atoms with E-state index in [4.69, 9.17) is 9.84 Å². The summed E-state index contributed by atoms with van der Waals surface area (Å²) in [6.45, 7) is 10.2. The monoisotopic (exact) mass is 544 g/mol. The van der Waals surface area contributed by atoms with Gasteiger partial charge in [-0.05, 0) is 36.0 Å². The van der Waals surface area contributed by atoms with Crippen molar-refractivity contribution in [1.29, 1.82) is 0 Å². The van der Waals surface area contributed by atoms with Crippen molar-refractivity contribution in [3.05, 3.63) is 11.1 Å².